The van der Waals surface area contributed by atoms with Gasteiger partial charge in [0.25, 0.3) is 0 Å². The van der Waals surface area contributed by atoms with Crippen LogP contribution >= 0.6 is 0 Å². The second-order valence-electron chi connectivity index (χ2n) is 7.84. The third kappa shape index (κ3) is 4.17. The van der Waals surface area contributed by atoms with E-state index in [4.69, 9.17) is 5.73 Å². The van der Waals surface area contributed by atoms with Gasteiger partial charge in [-0.2, -0.15) is 0 Å². The number of carboxylic acids is 1. The molecule has 1 amide bonds. The number of ketones is 1. The third-order valence-corrected chi connectivity index (χ3v) is 5.70. The summed E-state index contributed by atoms with van der Waals surface area (Å²) < 4.78 is 30.8. The van der Waals surface area contributed by atoms with Gasteiger partial charge in [-0.3, -0.25) is 9.59 Å². The van der Waals surface area contributed by atoms with Crippen molar-refractivity contribution >= 4 is 29.0 Å². The van der Waals surface area contributed by atoms with Gasteiger partial charge in [-0.15, -0.1) is 0 Å². The highest BCUT2D eigenvalue weighted by Gasteiger charge is 2.38. The molecule has 1 atom stereocenters. The third-order valence-electron chi connectivity index (χ3n) is 5.70. The Hall–Kier alpha value is -4.33. The molecule has 0 aliphatic heterocycles. The van der Waals surface area contributed by atoms with Crippen LogP contribution in [-0.2, 0) is 16.0 Å². The molecule has 0 saturated heterocycles. The number of fused-ring (bicyclic) bond motifs is 1. The molecule has 0 fully saturated rings. The van der Waals surface area contributed by atoms with Gasteiger partial charge in [-0.25, -0.2) is 13.6 Å². The Kier molecular flexibility index (Phi) is 6.23. The molecule has 0 spiro atoms. The van der Waals surface area contributed by atoms with Crippen molar-refractivity contribution in [3.63, 3.8) is 0 Å². The Bertz CT molecular complexity index is 1320. The number of nitrogens with two attached hydrogens (primary N) is 1. The lowest BCUT2D eigenvalue weighted by atomic mass is 9.78. The summed E-state index contributed by atoms with van der Waals surface area (Å²) in [5.41, 5.74) is 4.28. The number of carbonyl (C=O) groups is 3. The van der Waals surface area contributed by atoms with Crippen LogP contribution in [0.5, 0.6) is 0 Å². The highest BCUT2D eigenvalue weighted by Crippen LogP contribution is 2.43. The molecule has 0 bridgehead atoms. The summed E-state index contributed by atoms with van der Waals surface area (Å²) in [6, 6.07) is 17.4. The van der Waals surface area contributed by atoms with Crippen LogP contribution in [0.4, 0.5) is 20.2 Å². The van der Waals surface area contributed by atoms with Crippen molar-refractivity contribution in [3.8, 4) is 0 Å². The van der Waals surface area contributed by atoms with Crippen molar-refractivity contribution in [2.45, 2.75) is 18.8 Å². The van der Waals surface area contributed by atoms with Gasteiger partial charge in [0.2, 0.25) is 11.7 Å². The molecule has 4 N–H and O–H groups in total. The van der Waals surface area contributed by atoms with Gasteiger partial charge in [0.05, 0.1) is 11.3 Å². The predicted octanol–water partition coefficient (Wildman–Crippen LogP) is 4.46. The lowest BCUT2D eigenvalue weighted by Crippen LogP contribution is -2.26. The molecule has 3 aromatic rings. The molecule has 0 radical (unpaired) electrons. The molecule has 0 saturated carbocycles. The number of hydrogen-bond donors (Lipinski definition) is 3. The van der Waals surface area contributed by atoms with E-state index in [2.05, 4.69) is 5.32 Å². The molecule has 1 aliphatic carbocycles. The SMILES string of the molecule is Nc1c(F)c(NC(=O)CCc2ccccc2)c(F)c2c1C(=O)C(C(=O)O)=CC2c1ccccc1. The second-order valence-corrected chi connectivity index (χ2v) is 7.84. The largest absolute Gasteiger partial charge is 0.478 e. The molecule has 6 nitrogen and oxygen atoms in total. The number of anilines is 2. The van der Waals surface area contributed by atoms with E-state index in [1.54, 1.807) is 30.3 Å². The highest BCUT2D eigenvalue weighted by molar-refractivity contribution is 6.27. The number of allylic oxidation sites excluding steroid dienone is 1. The lowest BCUT2D eigenvalue weighted by Gasteiger charge is -2.26. The monoisotopic (exact) mass is 462 g/mol. The average molecular weight is 462 g/mol. The fourth-order valence-corrected chi connectivity index (χ4v) is 4.03. The zero-order valence-corrected chi connectivity index (χ0v) is 17.8. The Labute approximate surface area is 193 Å². The molecule has 0 aromatic heterocycles. The summed E-state index contributed by atoms with van der Waals surface area (Å²) >= 11 is 0. The zero-order chi connectivity index (χ0) is 24.4. The number of carbonyl (C=O) groups excluding carboxylic acids is 2. The van der Waals surface area contributed by atoms with Crippen molar-refractivity contribution in [1.29, 1.82) is 0 Å². The van der Waals surface area contributed by atoms with Crippen LogP contribution in [-0.4, -0.2) is 22.8 Å². The van der Waals surface area contributed by atoms with Crippen LogP contribution in [0.2, 0.25) is 0 Å². The minimum atomic E-state index is -1.53. The Morgan fingerprint density at radius 3 is 2.21 bits per heavy atom. The lowest BCUT2D eigenvalue weighted by molar-refractivity contribution is -0.132. The van der Waals surface area contributed by atoms with Gasteiger partial charge < -0.3 is 16.2 Å². The molecular weight excluding hydrogens is 442 g/mol. The van der Waals surface area contributed by atoms with E-state index in [0.29, 0.717) is 12.0 Å². The van der Waals surface area contributed by atoms with Crippen LogP contribution in [0.1, 0.15) is 39.4 Å². The van der Waals surface area contributed by atoms with Gasteiger partial charge in [0, 0.05) is 17.9 Å². The van der Waals surface area contributed by atoms with E-state index < -0.39 is 57.7 Å². The maximum Gasteiger partial charge on any atom is 0.339 e. The first-order chi connectivity index (χ1) is 16.3. The summed E-state index contributed by atoms with van der Waals surface area (Å²) in [7, 11) is 0. The van der Waals surface area contributed by atoms with Crippen LogP contribution < -0.4 is 11.1 Å². The Balaban J connectivity index is 1.77. The number of nitrogens with one attached hydrogen (secondary N) is 1. The number of benzene rings is 3. The number of aliphatic carboxylic acids is 1. The van der Waals surface area contributed by atoms with Crippen molar-refractivity contribution < 1.29 is 28.3 Å². The van der Waals surface area contributed by atoms with E-state index in [-0.39, 0.29) is 12.0 Å². The molecule has 172 valence electrons. The molecule has 8 heteroatoms. The summed E-state index contributed by atoms with van der Waals surface area (Å²) in [4.78, 5) is 36.9. The first-order valence-electron chi connectivity index (χ1n) is 10.5. The first kappa shape index (κ1) is 22.8. The first-order valence-corrected chi connectivity index (χ1v) is 10.5. The van der Waals surface area contributed by atoms with Crippen LogP contribution in [0.3, 0.4) is 0 Å². The van der Waals surface area contributed by atoms with Crippen LogP contribution in [0, 0.1) is 11.6 Å². The number of hydrogen-bond acceptors (Lipinski definition) is 4. The van der Waals surface area contributed by atoms with Crippen molar-refractivity contribution in [2.75, 3.05) is 11.1 Å². The molecular formula is C26H20F2N2O4. The van der Waals surface area contributed by atoms with Gasteiger partial charge in [-0.1, -0.05) is 66.7 Å². The predicted molar refractivity (Wildman–Crippen MR) is 122 cm³/mol. The van der Waals surface area contributed by atoms with Gasteiger partial charge in [0.15, 0.2) is 11.6 Å². The number of aryl methyl sites for hydroxylation is 1. The van der Waals surface area contributed by atoms with Crippen molar-refractivity contribution in [2.24, 2.45) is 0 Å². The number of halogens is 2. The molecule has 1 aliphatic rings. The minimum absolute atomic E-state index is 0.0377. The van der Waals surface area contributed by atoms with E-state index in [9.17, 15) is 19.5 Å². The summed E-state index contributed by atoms with van der Waals surface area (Å²) in [6.45, 7) is 0. The van der Waals surface area contributed by atoms with Gasteiger partial charge >= 0.3 is 5.97 Å². The standard InChI is InChI=1S/C26H20F2N2O4/c27-21-19-16(15-9-5-2-6-10-15)13-17(26(33)34)25(32)20(19)23(29)22(28)24(21)30-18(31)12-11-14-7-3-1-4-8-14/h1-10,13,16H,11-12,29H2,(H,30,31)(H,33,34). The van der Waals surface area contributed by atoms with Gasteiger partial charge in [-0.05, 0) is 17.5 Å². The average Bonchev–Trinajstić information content (AvgIpc) is 2.84. The highest BCUT2D eigenvalue weighted by atomic mass is 19.1. The quantitative estimate of drug-likeness (QED) is 0.370. The summed E-state index contributed by atoms with van der Waals surface area (Å²) in [5.74, 6) is -6.78. The number of carboxylic acid groups (broad SMARTS) is 1. The minimum Gasteiger partial charge on any atom is -0.478 e. The second kappa shape index (κ2) is 9.27. The summed E-state index contributed by atoms with van der Waals surface area (Å²) in [5, 5.41) is 11.7. The molecule has 4 rings (SSSR count). The number of amides is 1. The number of rotatable bonds is 6. The number of Topliss-reactive ketones (excluding diaryl/α,β-unsaturated/α-hetero) is 1. The van der Waals surface area contributed by atoms with Gasteiger partial charge in [0.1, 0.15) is 11.3 Å². The van der Waals surface area contributed by atoms with Crippen molar-refractivity contribution in [1.82, 2.24) is 0 Å². The molecule has 1 unspecified atom stereocenters. The van der Waals surface area contributed by atoms with E-state index >= 15 is 8.78 Å². The zero-order valence-electron chi connectivity index (χ0n) is 17.8. The fraction of sp³-hybridized carbons (Fsp3) is 0.115. The molecule has 3 aromatic carbocycles. The van der Waals surface area contributed by atoms with Crippen LogP contribution in [0.15, 0.2) is 72.3 Å². The molecule has 0 heterocycles. The van der Waals surface area contributed by atoms with E-state index in [1.807, 2.05) is 30.3 Å². The normalized spacial score (nSPS) is 14.8. The maximum atomic E-state index is 15.7. The number of nitrogen functional groups attached to an aromatic ring is 1. The van der Waals surface area contributed by atoms with Crippen LogP contribution in [0.25, 0.3) is 0 Å². The Morgan fingerprint density at radius 2 is 1.59 bits per heavy atom. The van der Waals surface area contributed by atoms with Crippen molar-refractivity contribution in [3.05, 3.63) is 106 Å². The topological polar surface area (TPSA) is 109 Å². The molecule has 34 heavy (non-hydrogen) atoms. The maximum absolute atomic E-state index is 15.7. The fourth-order valence-electron chi connectivity index (χ4n) is 4.03. The van der Waals surface area contributed by atoms with E-state index in [1.165, 1.54) is 0 Å². The Morgan fingerprint density at radius 1 is 0.971 bits per heavy atom. The summed E-state index contributed by atoms with van der Waals surface area (Å²) in [6.07, 6.45) is 1.43. The smallest absolute Gasteiger partial charge is 0.339 e. The van der Waals surface area contributed by atoms with E-state index in [0.717, 1.165) is 11.6 Å².